The van der Waals surface area contributed by atoms with Crippen molar-refractivity contribution in [1.29, 1.82) is 0 Å². The minimum absolute atomic E-state index is 0.0227. The number of amidine groups is 1. The maximum absolute atomic E-state index is 12.4. The molecule has 1 atom stereocenters. The van der Waals surface area contributed by atoms with Gasteiger partial charge in [0.15, 0.2) is 0 Å². The van der Waals surface area contributed by atoms with Crippen LogP contribution < -0.4 is 11.1 Å². The molecule has 0 saturated carbocycles. The summed E-state index contributed by atoms with van der Waals surface area (Å²) in [5.41, 5.74) is 4.98. The second kappa shape index (κ2) is 5.61. The predicted molar refractivity (Wildman–Crippen MR) is 62.5 cm³/mol. The average molecular weight is 261 g/mol. The van der Waals surface area contributed by atoms with E-state index >= 15 is 0 Å². The van der Waals surface area contributed by atoms with Crippen molar-refractivity contribution in [2.75, 3.05) is 11.9 Å². The minimum Gasteiger partial charge on any atom is -0.409 e. The molecular weight excluding hydrogens is 247 g/mol. The summed E-state index contributed by atoms with van der Waals surface area (Å²) in [6.45, 7) is 1.97. The van der Waals surface area contributed by atoms with Gasteiger partial charge in [0.1, 0.15) is 5.84 Å². The number of alkyl halides is 3. The lowest BCUT2D eigenvalue weighted by atomic mass is 10.1. The fraction of sp³-hybridized carbons (Fsp3) is 0.364. The molecule has 0 amide bonds. The van der Waals surface area contributed by atoms with E-state index < -0.39 is 11.7 Å². The van der Waals surface area contributed by atoms with Gasteiger partial charge >= 0.3 is 6.18 Å². The Labute approximate surface area is 102 Å². The van der Waals surface area contributed by atoms with Crippen molar-refractivity contribution in [3.05, 3.63) is 29.8 Å². The summed E-state index contributed by atoms with van der Waals surface area (Å²) in [6.07, 6.45) is -4.37. The monoisotopic (exact) mass is 261 g/mol. The first-order valence-electron chi connectivity index (χ1n) is 5.23. The standard InChI is InChI=1S/C11H14F3N3O/c1-7(10(15)17-18)6-16-9-4-2-3-8(5-9)11(12,13)14/h2-5,7,16,18H,6H2,1H3,(H2,15,17). The van der Waals surface area contributed by atoms with Crippen LogP contribution in [0.3, 0.4) is 0 Å². The first-order chi connectivity index (χ1) is 8.34. The maximum Gasteiger partial charge on any atom is 0.416 e. The molecule has 100 valence electrons. The third-order valence-corrected chi connectivity index (χ3v) is 2.42. The zero-order valence-electron chi connectivity index (χ0n) is 9.70. The van der Waals surface area contributed by atoms with Crippen LogP contribution in [-0.2, 0) is 6.18 Å². The Morgan fingerprint density at radius 2 is 2.17 bits per heavy atom. The highest BCUT2D eigenvalue weighted by Gasteiger charge is 2.30. The summed E-state index contributed by atoms with van der Waals surface area (Å²) in [5, 5.41) is 14.1. The lowest BCUT2D eigenvalue weighted by Gasteiger charge is -2.13. The number of hydrogen-bond donors (Lipinski definition) is 3. The van der Waals surface area contributed by atoms with Crippen molar-refractivity contribution in [3.63, 3.8) is 0 Å². The number of anilines is 1. The van der Waals surface area contributed by atoms with E-state index in [0.29, 0.717) is 5.69 Å². The summed E-state index contributed by atoms with van der Waals surface area (Å²) >= 11 is 0. The average Bonchev–Trinajstić information content (AvgIpc) is 2.34. The van der Waals surface area contributed by atoms with Gasteiger partial charge in [-0.15, -0.1) is 0 Å². The van der Waals surface area contributed by atoms with Crippen molar-refractivity contribution in [2.24, 2.45) is 16.8 Å². The van der Waals surface area contributed by atoms with Gasteiger partial charge in [-0.05, 0) is 18.2 Å². The van der Waals surface area contributed by atoms with Gasteiger partial charge in [0, 0.05) is 18.2 Å². The number of nitrogens with zero attached hydrogens (tertiary/aromatic N) is 1. The smallest absolute Gasteiger partial charge is 0.409 e. The van der Waals surface area contributed by atoms with E-state index in [9.17, 15) is 13.2 Å². The molecule has 0 bridgehead atoms. The molecule has 4 nitrogen and oxygen atoms in total. The van der Waals surface area contributed by atoms with Crippen LogP contribution in [0.25, 0.3) is 0 Å². The number of rotatable bonds is 4. The van der Waals surface area contributed by atoms with Gasteiger partial charge < -0.3 is 16.3 Å². The summed E-state index contributed by atoms with van der Waals surface area (Å²) in [6, 6.07) is 4.85. The Balaban J connectivity index is 2.69. The Bertz CT molecular complexity index is 432. The molecule has 0 aromatic heterocycles. The van der Waals surface area contributed by atoms with Crippen LogP contribution in [0, 0.1) is 5.92 Å². The molecule has 0 fully saturated rings. The number of nitrogens with one attached hydrogen (secondary N) is 1. The van der Waals surface area contributed by atoms with E-state index in [2.05, 4.69) is 10.5 Å². The topological polar surface area (TPSA) is 70.6 Å². The van der Waals surface area contributed by atoms with Crippen LogP contribution in [0.5, 0.6) is 0 Å². The highest BCUT2D eigenvalue weighted by Crippen LogP contribution is 2.30. The second-order valence-electron chi connectivity index (χ2n) is 3.89. The van der Waals surface area contributed by atoms with Gasteiger partial charge in [0.25, 0.3) is 0 Å². The number of benzene rings is 1. The van der Waals surface area contributed by atoms with Gasteiger partial charge in [-0.3, -0.25) is 0 Å². The molecule has 1 aromatic rings. The largest absolute Gasteiger partial charge is 0.416 e. The van der Waals surface area contributed by atoms with Gasteiger partial charge in [0.2, 0.25) is 0 Å². The molecule has 0 spiro atoms. The molecule has 7 heteroatoms. The quantitative estimate of drug-likeness (QED) is 0.337. The van der Waals surface area contributed by atoms with E-state index in [1.807, 2.05) is 0 Å². The molecule has 0 heterocycles. The van der Waals surface area contributed by atoms with Gasteiger partial charge in [-0.2, -0.15) is 13.2 Å². The molecule has 0 aliphatic heterocycles. The highest BCUT2D eigenvalue weighted by molar-refractivity contribution is 5.82. The van der Waals surface area contributed by atoms with Crippen LogP contribution in [0.1, 0.15) is 12.5 Å². The zero-order chi connectivity index (χ0) is 13.8. The highest BCUT2D eigenvalue weighted by atomic mass is 19.4. The van der Waals surface area contributed by atoms with Crippen molar-refractivity contribution >= 4 is 11.5 Å². The third kappa shape index (κ3) is 3.83. The second-order valence-corrected chi connectivity index (χ2v) is 3.89. The molecule has 18 heavy (non-hydrogen) atoms. The lowest BCUT2D eigenvalue weighted by Crippen LogP contribution is -2.27. The normalized spacial score (nSPS) is 14.3. The lowest BCUT2D eigenvalue weighted by molar-refractivity contribution is -0.137. The number of hydrogen-bond acceptors (Lipinski definition) is 3. The Kier molecular flexibility index (Phi) is 4.41. The molecule has 1 rings (SSSR count). The van der Waals surface area contributed by atoms with Crippen LogP contribution >= 0.6 is 0 Å². The fourth-order valence-electron chi connectivity index (χ4n) is 1.28. The first-order valence-corrected chi connectivity index (χ1v) is 5.23. The van der Waals surface area contributed by atoms with Crippen LogP contribution in [0.4, 0.5) is 18.9 Å². The van der Waals surface area contributed by atoms with Crippen molar-refractivity contribution in [1.82, 2.24) is 0 Å². The number of nitrogens with two attached hydrogens (primary N) is 1. The predicted octanol–water partition coefficient (Wildman–Crippen LogP) is 2.50. The van der Waals surface area contributed by atoms with Gasteiger partial charge in [-0.25, -0.2) is 0 Å². The van der Waals surface area contributed by atoms with Gasteiger partial charge in [-0.1, -0.05) is 18.1 Å². The van der Waals surface area contributed by atoms with Crippen molar-refractivity contribution in [3.8, 4) is 0 Å². The molecular formula is C11H14F3N3O. The van der Waals surface area contributed by atoms with E-state index in [-0.39, 0.29) is 18.3 Å². The molecule has 0 saturated heterocycles. The maximum atomic E-state index is 12.4. The summed E-state index contributed by atoms with van der Waals surface area (Å²) in [5.74, 6) is -0.265. The molecule has 0 aliphatic rings. The van der Waals surface area contributed by atoms with E-state index in [0.717, 1.165) is 12.1 Å². The zero-order valence-corrected chi connectivity index (χ0v) is 9.70. The van der Waals surface area contributed by atoms with E-state index in [1.165, 1.54) is 12.1 Å². The fourth-order valence-corrected chi connectivity index (χ4v) is 1.28. The van der Waals surface area contributed by atoms with Gasteiger partial charge in [0.05, 0.1) is 5.56 Å². The van der Waals surface area contributed by atoms with Crippen LogP contribution in [0.2, 0.25) is 0 Å². The first kappa shape index (κ1) is 14.1. The van der Waals surface area contributed by atoms with Crippen molar-refractivity contribution in [2.45, 2.75) is 13.1 Å². The van der Waals surface area contributed by atoms with Crippen LogP contribution in [-0.4, -0.2) is 17.6 Å². The molecule has 1 unspecified atom stereocenters. The van der Waals surface area contributed by atoms with Crippen LogP contribution in [0.15, 0.2) is 29.4 Å². The number of oxime groups is 1. The Hall–Kier alpha value is -1.92. The van der Waals surface area contributed by atoms with Crippen molar-refractivity contribution < 1.29 is 18.4 Å². The third-order valence-electron chi connectivity index (χ3n) is 2.42. The SMILES string of the molecule is CC(CNc1cccc(C(F)(F)F)c1)/C(N)=N/O. The molecule has 4 N–H and O–H groups in total. The molecule has 0 aliphatic carbocycles. The Morgan fingerprint density at radius 1 is 1.50 bits per heavy atom. The molecule has 0 radical (unpaired) electrons. The Morgan fingerprint density at radius 3 is 2.72 bits per heavy atom. The summed E-state index contributed by atoms with van der Waals surface area (Å²) < 4.78 is 37.3. The minimum atomic E-state index is -4.37. The van der Waals surface area contributed by atoms with E-state index in [4.69, 9.17) is 10.9 Å². The summed E-state index contributed by atoms with van der Waals surface area (Å²) in [4.78, 5) is 0. The number of halogens is 3. The molecule has 1 aromatic carbocycles. The summed E-state index contributed by atoms with van der Waals surface area (Å²) in [7, 11) is 0. The van der Waals surface area contributed by atoms with E-state index in [1.54, 1.807) is 6.92 Å².